The first kappa shape index (κ1) is 24.2. The molecule has 3 aromatic rings. The second-order valence-corrected chi connectivity index (χ2v) is 7.31. The van der Waals surface area contributed by atoms with Gasteiger partial charge in [-0.05, 0) is 38.2 Å². The van der Waals surface area contributed by atoms with Crippen LogP contribution < -0.4 is 20.1 Å². The number of halogens is 5. The summed E-state index contributed by atoms with van der Waals surface area (Å²) in [4.78, 5) is 0. The quantitative estimate of drug-likeness (QED) is 0.220. The van der Waals surface area contributed by atoms with E-state index in [0.717, 1.165) is 4.68 Å². The second kappa shape index (κ2) is 9.61. The molecule has 0 unspecified atom stereocenters. The van der Waals surface area contributed by atoms with Crippen molar-refractivity contribution in [2.45, 2.75) is 20.4 Å². The van der Waals surface area contributed by atoms with E-state index in [1.807, 2.05) is 0 Å². The van der Waals surface area contributed by atoms with Gasteiger partial charge in [0.05, 0.1) is 49.1 Å². The first-order valence-corrected chi connectivity index (χ1v) is 9.84. The van der Waals surface area contributed by atoms with Crippen LogP contribution in [0, 0.1) is 42.9 Å². The Balaban J connectivity index is 1.84. The topological polar surface area (TPSA) is 60.3 Å². The Labute approximate surface area is 191 Å². The molecule has 12 heteroatoms. The highest BCUT2D eigenvalue weighted by Gasteiger charge is 2.27. The van der Waals surface area contributed by atoms with Crippen molar-refractivity contribution in [1.29, 1.82) is 0 Å². The van der Waals surface area contributed by atoms with Gasteiger partial charge in [0.1, 0.15) is 11.5 Å². The maximum Gasteiger partial charge on any atom is 0.200 e. The van der Waals surface area contributed by atoms with Gasteiger partial charge < -0.3 is 20.1 Å². The van der Waals surface area contributed by atoms with Crippen molar-refractivity contribution in [1.82, 2.24) is 9.78 Å². The lowest BCUT2D eigenvalue weighted by Crippen LogP contribution is -2.20. The van der Waals surface area contributed by atoms with Crippen LogP contribution >= 0.6 is 12.2 Å². The predicted octanol–water partition coefficient (Wildman–Crippen LogP) is 5.07. The molecule has 0 amide bonds. The van der Waals surface area contributed by atoms with E-state index in [-0.39, 0.29) is 5.11 Å². The van der Waals surface area contributed by atoms with E-state index in [0.29, 0.717) is 34.3 Å². The number of anilines is 2. The van der Waals surface area contributed by atoms with Crippen LogP contribution in [0.1, 0.15) is 17.0 Å². The SMILES string of the molecule is COc1ccc(NC(=S)Nc2c(C)nn(Cc3c(F)c(F)c(F)c(F)c3F)c2C)c(OC)c1. The van der Waals surface area contributed by atoms with E-state index < -0.39 is 41.2 Å². The van der Waals surface area contributed by atoms with Crippen molar-refractivity contribution in [2.24, 2.45) is 0 Å². The van der Waals surface area contributed by atoms with E-state index in [9.17, 15) is 22.0 Å². The third kappa shape index (κ3) is 4.70. The molecule has 0 spiro atoms. The van der Waals surface area contributed by atoms with Gasteiger partial charge >= 0.3 is 0 Å². The van der Waals surface area contributed by atoms with E-state index in [1.54, 1.807) is 32.0 Å². The molecule has 6 nitrogen and oxygen atoms in total. The summed E-state index contributed by atoms with van der Waals surface area (Å²) < 4.78 is 80.1. The van der Waals surface area contributed by atoms with Gasteiger partial charge in [0.25, 0.3) is 0 Å². The van der Waals surface area contributed by atoms with Gasteiger partial charge in [-0.15, -0.1) is 0 Å². The molecule has 0 fully saturated rings. The van der Waals surface area contributed by atoms with Crippen LogP contribution in [0.3, 0.4) is 0 Å². The van der Waals surface area contributed by atoms with Gasteiger partial charge in [-0.2, -0.15) is 5.10 Å². The number of hydrogen-bond acceptors (Lipinski definition) is 4. The minimum Gasteiger partial charge on any atom is -0.497 e. The zero-order valence-electron chi connectivity index (χ0n) is 17.9. The normalized spacial score (nSPS) is 10.8. The first-order chi connectivity index (χ1) is 15.6. The van der Waals surface area contributed by atoms with Crippen molar-refractivity contribution >= 4 is 28.7 Å². The standard InChI is InChI=1S/C21H19F5N4O2S/c1-9-20(28-21(33)27-13-6-5-11(31-3)7-14(13)32-4)10(2)30(29-9)8-12-15(22)17(24)19(26)18(25)16(12)23/h5-7H,8H2,1-4H3,(H2,27,28,33). The Morgan fingerprint density at radius 2 is 1.55 bits per heavy atom. The average molecular weight is 486 g/mol. The zero-order chi connectivity index (χ0) is 24.4. The molecule has 0 aliphatic rings. The number of ether oxygens (including phenoxy) is 2. The molecule has 0 bridgehead atoms. The minimum absolute atomic E-state index is 0.153. The molecule has 33 heavy (non-hydrogen) atoms. The summed E-state index contributed by atoms with van der Waals surface area (Å²) in [7, 11) is 3.00. The maximum atomic E-state index is 14.1. The van der Waals surface area contributed by atoms with Crippen LogP contribution in [0.4, 0.5) is 33.3 Å². The summed E-state index contributed by atoms with van der Waals surface area (Å²) in [6.45, 7) is 2.48. The molecular weight excluding hydrogens is 467 g/mol. The summed E-state index contributed by atoms with van der Waals surface area (Å²) in [5.41, 5.74) is 0.709. The Kier molecular flexibility index (Phi) is 7.06. The Hall–Kier alpha value is -3.41. The lowest BCUT2D eigenvalue weighted by Gasteiger charge is -2.15. The number of benzene rings is 2. The van der Waals surface area contributed by atoms with Crippen molar-refractivity contribution in [3.05, 3.63) is 64.2 Å². The fourth-order valence-corrected chi connectivity index (χ4v) is 3.35. The van der Waals surface area contributed by atoms with E-state index in [1.165, 1.54) is 14.2 Å². The average Bonchev–Trinajstić information content (AvgIpc) is 3.06. The Bertz CT molecular complexity index is 1200. The lowest BCUT2D eigenvalue weighted by molar-refractivity contribution is 0.366. The van der Waals surface area contributed by atoms with Gasteiger partial charge in [-0.3, -0.25) is 4.68 Å². The summed E-state index contributed by atoms with van der Waals surface area (Å²) in [5.74, 6) is -9.00. The summed E-state index contributed by atoms with van der Waals surface area (Å²) >= 11 is 5.33. The Morgan fingerprint density at radius 1 is 0.939 bits per heavy atom. The number of aromatic nitrogens is 2. The fourth-order valence-electron chi connectivity index (χ4n) is 3.14. The molecule has 1 heterocycles. The molecule has 0 radical (unpaired) electrons. The molecule has 2 aromatic carbocycles. The van der Waals surface area contributed by atoms with Crippen molar-refractivity contribution in [3.8, 4) is 11.5 Å². The molecule has 1 aromatic heterocycles. The van der Waals surface area contributed by atoms with Gasteiger partial charge in [0, 0.05) is 6.07 Å². The molecule has 0 saturated heterocycles. The van der Waals surface area contributed by atoms with Gasteiger partial charge in [-0.1, -0.05) is 0 Å². The highest BCUT2D eigenvalue weighted by Crippen LogP contribution is 2.30. The van der Waals surface area contributed by atoms with Crippen LogP contribution in [0.25, 0.3) is 0 Å². The van der Waals surface area contributed by atoms with Gasteiger partial charge in [-0.25, -0.2) is 22.0 Å². The molecule has 2 N–H and O–H groups in total. The van der Waals surface area contributed by atoms with Crippen LogP contribution in [-0.4, -0.2) is 29.1 Å². The van der Waals surface area contributed by atoms with Crippen LogP contribution in [0.5, 0.6) is 11.5 Å². The van der Waals surface area contributed by atoms with Crippen LogP contribution in [0.2, 0.25) is 0 Å². The van der Waals surface area contributed by atoms with E-state index in [4.69, 9.17) is 21.7 Å². The smallest absolute Gasteiger partial charge is 0.200 e. The van der Waals surface area contributed by atoms with Crippen LogP contribution in [0.15, 0.2) is 18.2 Å². The number of thiocarbonyl (C=S) groups is 1. The molecule has 0 saturated carbocycles. The molecule has 3 rings (SSSR count). The molecular formula is C21H19F5N4O2S. The summed E-state index contributed by atoms with van der Waals surface area (Å²) in [6.07, 6.45) is 0. The summed E-state index contributed by atoms with van der Waals surface area (Å²) in [6, 6.07) is 5.05. The Morgan fingerprint density at radius 3 is 2.12 bits per heavy atom. The maximum absolute atomic E-state index is 14.1. The lowest BCUT2D eigenvalue weighted by atomic mass is 10.1. The number of methoxy groups -OCH3 is 2. The van der Waals surface area contributed by atoms with Gasteiger partial charge in [0.15, 0.2) is 28.4 Å². The number of hydrogen-bond donors (Lipinski definition) is 2. The molecule has 0 aliphatic heterocycles. The fraction of sp³-hybridized carbons (Fsp3) is 0.238. The zero-order valence-corrected chi connectivity index (χ0v) is 18.8. The van der Waals surface area contributed by atoms with E-state index in [2.05, 4.69) is 15.7 Å². The highest BCUT2D eigenvalue weighted by molar-refractivity contribution is 7.80. The van der Waals surface area contributed by atoms with Gasteiger partial charge in [0.2, 0.25) is 5.82 Å². The highest BCUT2D eigenvalue weighted by atomic mass is 32.1. The number of nitrogens with one attached hydrogen (secondary N) is 2. The second-order valence-electron chi connectivity index (χ2n) is 6.90. The molecule has 0 atom stereocenters. The van der Waals surface area contributed by atoms with Crippen molar-refractivity contribution in [2.75, 3.05) is 24.9 Å². The monoisotopic (exact) mass is 486 g/mol. The third-order valence-corrected chi connectivity index (χ3v) is 5.09. The van der Waals surface area contributed by atoms with Crippen molar-refractivity contribution in [3.63, 3.8) is 0 Å². The number of aryl methyl sites for hydroxylation is 1. The van der Waals surface area contributed by atoms with Crippen molar-refractivity contribution < 1.29 is 31.4 Å². The molecule has 176 valence electrons. The van der Waals surface area contributed by atoms with Crippen LogP contribution in [-0.2, 0) is 6.54 Å². The minimum atomic E-state index is -2.21. The largest absolute Gasteiger partial charge is 0.497 e. The third-order valence-electron chi connectivity index (χ3n) is 4.89. The number of nitrogens with zero attached hydrogens (tertiary/aromatic N) is 2. The predicted molar refractivity (Wildman–Crippen MR) is 116 cm³/mol. The molecule has 0 aliphatic carbocycles. The first-order valence-electron chi connectivity index (χ1n) is 9.43. The van der Waals surface area contributed by atoms with E-state index >= 15 is 0 Å². The summed E-state index contributed by atoms with van der Waals surface area (Å²) in [5, 5.41) is 10.2. The number of rotatable bonds is 6.